The number of rotatable bonds is 6. The minimum Gasteiger partial charge on any atom is -0.493 e. The lowest BCUT2D eigenvalue weighted by atomic mass is 10.0. The van der Waals surface area contributed by atoms with Gasteiger partial charge >= 0.3 is 0 Å². The monoisotopic (exact) mass is 447 g/mol. The third kappa shape index (κ3) is 4.12. The Bertz CT molecular complexity index is 1350. The molecule has 0 radical (unpaired) electrons. The van der Waals surface area contributed by atoms with Crippen LogP contribution in [0.5, 0.6) is 23.0 Å². The van der Waals surface area contributed by atoms with Crippen molar-refractivity contribution in [1.82, 2.24) is 15.0 Å². The summed E-state index contributed by atoms with van der Waals surface area (Å²) in [6.07, 6.45) is 2.97. The molecule has 2 heterocycles. The molecule has 0 spiro atoms. The molecule has 0 aliphatic heterocycles. The van der Waals surface area contributed by atoms with Gasteiger partial charge in [0.15, 0.2) is 11.5 Å². The van der Waals surface area contributed by atoms with Gasteiger partial charge < -0.3 is 19.9 Å². The molecule has 2 aromatic carbocycles. The molecule has 0 aliphatic carbocycles. The van der Waals surface area contributed by atoms with Crippen LogP contribution in [0.1, 0.15) is 16.8 Å². The topological polar surface area (TPSA) is 105 Å². The number of nitrogens with zero attached hydrogens (tertiary/aromatic N) is 4. The fourth-order valence-electron chi connectivity index (χ4n) is 3.57. The van der Waals surface area contributed by atoms with Crippen molar-refractivity contribution in [2.75, 3.05) is 27.0 Å². The minimum absolute atomic E-state index is 0.232. The summed E-state index contributed by atoms with van der Waals surface area (Å²) >= 11 is 0. The normalized spacial score (nSPS) is 11.5. The Morgan fingerprint density at radius 2 is 1.73 bits per heavy atom. The Morgan fingerprint density at radius 3 is 2.39 bits per heavy atom. The minimum atomic E-state index is -0.520. The predicted octanol–water partition coefficient (Wildman–Crippen LogP) is 4.33. The number of aliphatic imine (C=N–C) groups is 1. The van der Waals surface area contributed by atoms with E-state index >= 15 is 4.39 Å². The molecule has 0 fully saturated rings. The van der Waals surface area contributed by atoms with Crippen LogP contribution in [-0.4, -0.2) is 41.9 Å². The van der Waals surface area contributed by atoms with Crippen LogP contribution in [-0.2, 0) is 0 Å². The van der Waals surface area contributed by atoms with Crippen molar-refractivity contribution >= 4 is 22.4 Å². The molecule has 0 unspecified atom stereocenters. The zero-order valence-corrected chi connectivity index (χ0v) is 18.6. The van der Waals surface area contributed by atoms with Gasteiger partial charge in [0.2, 0.25) is 0 Å². The number of nitrogens with two attached hydrogens (primary N) is 1. The second-order valence-electron chi connectivity index (χ2n) is 7.07. The van der Waals surface area contributed by atoms with Gasteiger partial charge in [-0.25, -0.2) is 14.4 Å². The first-order valence-electron chi connectivity index (χ1n) is 9.99. The summed E-state index contributed by atoms with van der Waals surface area (Å²) in [5, 5.41) is 0.695. The maximum atomic E-state index is 15.2. The molecule has 0 bridgehead atoms. The summed E-state index contributed by atoms with van der Waals surface area (Å²) in [5.41, 5.74) is 8.39. The van der Waals surface area contributed by atoms with Crippen LogP contribution in [0.4, 0.5) is 10.2 Å². The van der Waals surface area contributed by atoms with Gasteiger partial charge in [0.05, 0.1) is 36.7 Å². The fourth-order valence-corrected chi connectivity index (χ4v) is 3.57. The quantitative estimate of drug-likeness (QED) is 0.439. The van der Waals surface area contributed by atoms with Crippen LogP contribution < -0.4 is 19.9 Å². The average molecular weight is 447 g/mol. The lowest BCUT2D eigenvalue weighted by Crippen LogP contribution is -2.13. The molecule has 9 heteroatoms. The standard InChI is InChI=1S/C24H22FN5O3/c1-13-22(24(26)30-12-29-13)23(27-2)15-6-5-14(9-17(15)25)33-19-7-8-28-18-11-21(32-4)20(31-3)10-16(18)19/h5-12H,1-4H3,(H2,26,29,30). The molecule has 2 aromatic heterocycles. The van der Waals surface area contributed by atoms with E-state index in [4.69, 9.17) is 19.9 Å². The van der Waals surface area contributed by atoms with Gasteiger partial charge in [0.25, 0.3) is 0 Å². The summed E-state index contributed by atoms with van der Waals surface area (Å²) < 4.78 is 31.9. The molecule has 4 aromatic rings. The summed E-state index contributed by atoms with van der Waals surface area (Å²) in [5.74, 6) is 1.60. The van der Waals surface area contributed by atoms with Crippen LogP contribution in [0.3, 0.4) is 0 Å². The molecule has 0 aliphatic rings. The number of hydrogen-bond acceptors (Lipinski definition) is 8. The molecular formula is C24H22FN5O3. The molecule has 4 rings (SSSR count). The Hall–Kier alpha value is -4.27. The number of benzene rings is 2. The first kappa shape index (κ1) is 21.9. The van der Waals surface area contributed by atoms with Gasteiger partial charge in [0, 0.05) is 36.3 Å². The number of hydrogen-bond donors (Lipinski definition) is 1. The number of anilines is 1. The van der Waals surface area contributed by atoms with Gasteiger partial charge in [0.1, 0.15) is 29.5 Å². The van der Waals surface area contributed by atoms with Crippen LogP contribution in [0.15, 0.2) is 53.9 Å². The zero-order chi connectivity index (χ0) is 23.5. The lowest BCUT2D eigenvalue weighted by Gasteiger charge is -2.14. The van der Waals surface area contributed by atoms with E-state index in [0.717, 1.165) is 0 Å². The van der Waals surface area contributed by atoms with Crippen LogP contribution in [0.25, 0.3) is 10.9 Å². The number of aryl methyl sites for hydroxylation is 1. The molecule has 2 N–H and O–H groups in total. The number of methoxy groups -OCH3 is 2. The first-order valence-corrected chi connectivity index (χ1v) is 9.99. The van der Waals surface area contributed by atoms with E-state index in [-0.39, 0.29) is 11.4 Å². The predicted molar refractivity (Wildman–Crippen MR) is 124 cm³/mol. The summed E-state index contributed by atoms with van der Waals surface area (Å²) in [6.45, 7) is 1.77. The van der Waals surface area contributed by atoms with Gasteiger partial charge in [-0.05, 0) is 31.2 Å². The largest absolute Gasteiger partial charge is 0.493 e. The van der Waals surface area contributed by atoms with E-state index in [1.54, 1.807) is 64.7 Å². The number of pyridine rings is 1. The van der Waals surface area contributed by atoms with E-state index in [1.807, 2.05) is 0 Å². The number of halogens is 1. The van der Waals surface area contributed by atoms with Crippen molar-refractivity contribution in [1.29, 1.82) is 0 Å². The van der Waals surface area contributed by atoms with Crippen LogP contribution in [0, 0.1) is 12.7 Å². The molecule has 0 saturated heterocycles. The third-order valence-electron chi connectivity index (χ3n) is 5.16. The number of ether oxygens (including phenoxy) is 3. The molecule has 0 atom stereocenters. The number of aromatic nitrogens is 3. The second-order valence-corrected chi connectivity index (χ2v) is 7.07. The van der Waals surface area contributed by atoms with E-state index in [1.165, 1.54) is 12.4 Å². The van der Waals surface area contributed by atoms with E-state index in [9.17, 15) is 0 Å². The van der Waals surface area contributed by atoms with Crippen LogP contribution in [0.2, 0.25) is 0 Å². The highest BCUT2D eigenvalue weighted by Crippen LogP contribution is 2.37. The molecule has 33 heavy (non-hydrogen) atoms. The molecule has 0 amide bonds. The fraction of sp³-hybridized carbons (Fsp3) is 0.167. The summed E-state index contributed by atoms with van der Waals surface area (Å²) in [6, 6.07) is 9.76. The summed E-state index contributed by atoms with van der Waals surface area (Å²) in [4.78, 5) is 16.8. The second kappa shape index (κ2) is 9.07. The van der Waals surface area contributed by atoms with Crippen LogP contribution >= 0.6 is 0 Å². The van der Waals surface area contributed by atoms with Gasteiger partial charge in [-0.3, -0.25) is 9.98 Å². The van der Waals surface area contributed by atoms with Crippen molar-refractivity contribution in [3.8, 4) is 23.0 Å². The molecular weight excluding hydrogens is 425 g/mol. The van der Waals surface area contributed by atoms with Crippen molar-refractivity contribution < 1.29 is 18.6 Å². The first-order chi connectivity index (χ1) is 16.0. The highest BCUT2D eigenvalue weighted by Gasteiger charge is 2.19. The lowest BCUT2D eigenvalue weighted by molar-refractivity contribution is 0.355. The van der Waals surface area contributed by atoms with Crippen molar-refractivity contribution in [3.63, 3.8) is 0 Å². The number of nitrogen functional groups attached to an aromatic ring is 1. The Balaban J connectivity index is 1.72. The number of fused-ring (bicyclic) bond motifs is 1. The molecule has 168 valence electrons. The van der Waals surface area contributed by atoms with Crippen molar-refractivity contribution in [2.45, 2.75) is 6.92 Å². The smallest absolute Gasteiger partial charge is 0.162 e. The van der Waals surface area contributed by atoms with Gasteiger partial charge in [-0.1, -0.05) is 0 Å². The third-order valence-corrected chi connectivity index (χ3v) is 5.16. The summed E-state index contributed by atoms with van der Waals surface area (Å²) in [7, 11) is 4.67. The van der Waals surface area contributed by atoms with E-state index in [2.05, 4.69) is 19.9 Å². The Labute approximate surface area is 189 Å². The van der Waals surface area contributed by atoms with Gasteiger partial charge in [-0.15, -0.1) is 0 Å². The van der Waals surface area contributed by atoms with Crippen molar-refractivity contribution in [2.24, 2.45) is 4.99 Å². The van der Waals surface area contributed by atoms with Crippen molar-refractivity contribution in [3.05, 3.63) is 71.6 Å². The molecule has 8 nitrogen and oxygen atoms in total. The highest BCUT2D eigenvalue weighted by molar-refractivity contribution is 6.16. The van der Waals surface area contributed by atoms with Gasteiger partial charge in [-0.2, -0.15) is 0 Å². The SMILES string of the molecule is CN=C(c1ccc(Oc2ccnc3cc(OC)c(OC)cc23)cc1F)c1c(C)ncnc1N. The van der Waals surface area contributed by atoms with E-state index in [0.29, 0.717) is 50.9 Å². The Kier molecular flexibility index (Phi) is 6.03. The highest BCUT2D eigenvalue weighted by atomic mass is 19.1. The Morgan fingerprint density at radius 1 is 0.970 bits per heavy atom. The molecule has 0 saturated carbocycles. The van der Waals surface area contributed by atoms with E-state index < -0.39 is 5.82 Å². The maximum absolute atomic E-state index is 15.2. The zero-order valence-electron chi connectivity index (χ0n) is 18.6. The maximum Gasteiger partial charge on any atom is 0.162 e. The average Bonchev–Trinajstić information content (AvgIpc) is 2.81.